The Morgan fingerprint density at radius 2 is 1.68 bits per heavy atom. The van der Waals surface area contributed by atoms with E-state index in [9.17, 15) is 0 Å². The van der Waals surface area contributed by atoms with Crippen LogP contribution in [0.25, 0.3) is 5.57 Å². The Hall–Kier alpha value is -2.74. The van der Waals surface area contributed by atoms with E-state index < -0.39 is 0 Å². The highest BCUT2D eigenvalue weighted by Gasteiger charge is 2.19. The number of allylic oxidation sites excluding steroid dienone is 7. The molecule has 2 aromatic carbocycles. The van der Waals surface area contributed by atoms with Gasteiger partial charge >= 0.3 is 0 Å². The summed E-state index contributed by atoms with van der Waals surface area (Å²) >= 11 is 0. The van der Waals surface area contributed by atoms with Crippen molar-refractivity contribution in [3.8, 4) is 0 Å². The zero-order valence-electron chi connectivity index (χ0n) is 17.2. The molecule has 2 aliphatic rings. The molecule has 28 heavy (non-hydrogen) atoms. The van der Waals surface area contributed by atoms with Crippen molar-refractivity contribution >= 4 is 24.6 Å². The third-order valence-corrected chi connectivity index (χ3v) is 5.68. The fraction of sp³-hybridized carbons (Fsp3) is 0.231. The van der Waals surface area contributed by atoms with Crippen molar-refractivity contribution < 1.29 is 0 Å². The Bertz CT molecular complexity index is 958. The van der Waals surface area contributed by atoms with Gasteiger partial charge in [-0.3, -0.25) is 0 Å². The van der Waals surface area contributed by atoms with Crippen molar-refractivity contribution in [3.05, 3.63) is 101 Å². The van der Waals surface area contributed by atoms with Crippen LogP contribution in [0.2, 0.25) is 0 Å². The second kappa shape index (κ2) is 8.10. The standard InChI is InChI=1S/C26H28BN/c1-19-3-13-24(14-4-19)28(25-15-5-20(2)6-16-25)26-17-9-22(10-18-26)21-7-11-23(27)12-8-21/h3-5,7-9,11-17,20H,6,10,18,27H2,1-2H3. The van der Waals surface area contributed by atoms with Gasteiger partial charge in [-0.05, 0) is 67.5 Å². The molecule has 0 radical (unpaired) electrons. The molecular formula is C26H28BN. The summed E-state index contributed by atoms with van der Waals surface area (Å²) in [5.74, 6) is 0.622. The normalized spacial score (nSPS) is 18.9. The lowest BCUT2D eigenvalue weighted by molar-refractivity contribution is 0.725. The molecule has 0 N–H and O–H groups in total. The first-order valence-corrected chi connectivity index (χ1v) is 10.3. The molecular weight excluding hydrogens is 337 g/mol. The summed E-state index contributed by atoms with van der Waals surface area (Å²) in [6.45, 7) is 4.42. The van der Waals surface area contributed by atoms with Gasteiger partial charge in [-0.15, -0.1) is 0 Å². The van der Waals surface area contributed by atoms with Crippen LogP contribution in [0.5, 0.6) is 0 Å². The summed E-state index contributed by atoms with van der Waals surface area (Å²) in [5, 5.41) is 0. The maximum atomic E-state index is 2.43. The molecule has 0 heterocycles. The van der Waals surface area contributed by atoms with Gasteiger partial charge < -0.3 is 4.90 Å². The Balaban J connectivity index is 1.68. The van der Waals surface area contributed by atoms with Crippen molar-refractivity contribution in [3.63, 3.8) is 0 Å². The lowest BCUT2D eigenvalue weighted by Crippen LogP contribution is -2.23. The van der Waals surface area contributed by atoms with Crippen LogP contribution in [0.15, 0.2) is 90.3 Å². The summed E-state index contributed by atoms with van der Waals surface area (Å²) < 4.78 is 0. The zero-order valence-corrected chi connectivity index (χ0v) is 17.2. The first-order valence-electron chi connectivity index (χ1n) is 10.3. The van der Waals surface area contributed by atoms with Gasteiger partial charge in [-0.1, -0.05) is 72.6 Å². The fourth-order valence-electron chi connectivity index (χ4n) is 3.88. The van der Waals surface area contributed by atoms with Crippen LogP contribution in [0.4, 0.5) is 5.69 Å². The molecule has 0 aromatic heterocycles. The van der Waals surface area contributed by atoms with Crippen LogP contribution in [0.1, 0.15) is 37.3 Å². The number of aryl methyl sites for hydroxylation is 1. The maximum Gasteiger partial charge on any atom is 0.139 e. The van der Waals surface area contributed by atoms with E-state index in [1.54, 1.807) is 0 Å². The second-order valence-electron chi connectivity index (χ2n) is 8.09. The second-order valence-corrected chi connectivity index (χ2v) is 8.09. The summed E-state index contributed by atoms with van der Waals surface area (Å²) in [7, 11) is 2.14. The molecule has 0 aliphatic heterocycles. The van der Waals surface area contributed by atoms with E-state index in [0.29, 0.717) is 5.92 Å². The Morgan fingerprint density at radius 3 is 2.29 bits per heavy atom. The number of benzene rings is 2. The van der Waals surface area contributed by atoms with E-state index in [1.165, 1.54) is 39.2 Å². The highest BCUT2D eigenvalue weighted by atomic mass is 15.2. The smallest absolute Gasteiger partial charge is 0.139 e. The van der Waals surface area contributed by atoms with E-state index in [2.05, 4.69) is 106 Å². The van der Waals surface area contributed by atoms with Gasteiger partial charge in [0.15, 0.2) is 0 Å². The number of rotatable bonds is 4. The number of hydrogen-bond donors (Lipinski definition) is 0. The number of anilines is 1. The molecule has 0 fully saturated rings. The Kier molecular flexibility index (Phi) is 5.39. The molecule has 0 saturated carbocycles. The predicted molar refractivity (Wildman–Crippen MR) is 125 cm³/mol. The first kappa shape index (κ1) is 18.6. The topological polar surface area (TPSA) is 3.24 Å². The average molecular weight is 365 g/mol. The van der Waals surface area contributed by atoms with Gasteiger partial charge in [0.2, 0.25) is 0 Å². The van der Waals surface area contributed by atoms with Crippen molar-refractivity contribution in [2.75, 3.05) is 4.90 Å². The molecule has 0 spiro atoms. The van der Waals surface area contributed by atoms with Crippen molar-refractivity contribution in [2.24, 2.45) is 5.92 Å². The molecule has 0 amide bonds. The fourth-order valence-corrected chi connectivity index (χ4v) is 3.88. The van der Waals surface area contributed by atoms with Gasteiger partial charge in [-0.25, -0.2) is 0 Å². The van der Waals surface area contributed by atoms with Gasteiger partial charge in [0, 0.05) is 17.1 Å². The van der Waals surface area contributed by atoms with E-state index in [-0.39, 0.29) is 0 Å². The third-order valence-electron chi connectivity index (χ3n) is 5.68. The van der Waals surface area contributed by atoms with Crippen molar-refractivity contribution in [1.82, 2.24) is 0 Å². The lowest BCUT2D eigenvalue weighted by atomic mass is 9.90. The van der Waals surface area contributed by atoms with Gasteiger partial charge in [0.05, 0.1) is 0 Å². The lowest BCUT2D eigenvalue weighted by Gasteiger charge is -2.32. The van der Waals surface area contributed by atoms with Crippen LogP contribution in [-0.4, -0.2) is 7.85 Å². The van der Waals surface area contributed by atoms with E-state index in [4.69, 9.17) is 0 Å². The summed E-state index contributed by atoms with van der Waals surface area (Å²) in [6.07, 6.45) is 14.8. The molecule has 0 bridgehead atoms. The average Bonchev–Trinajstić information content (AvgIpc) is 2.72. The number of hydrogen-bond acceptors (Lipinski definition) is 1. The minimum atomic E-state index is 0.622. The molecule has 140 valence electrons. The molecule has 4 rings (SSSR count). The Labute approximate surface area is 170 Å². The quantitative estimate of drug-likeness (QED) is 0.665. The zero-order chi connectivity index (χ0) is 19.5. The van der Waals surface area contributed by atoms with Gasteiger partial charge in [-0.2, -0.15) is 0 Å². The predicted octanol–water partition coefficient (Wildman–Crippen LogP) is 5.30. The summed E-state index contributed by atoms with van der Waals surface area (Å²) in [6, 6.07) is 17.8. The Morgan fingerprint density at radius 1 is 0.929 bits per heavy atom. The minimum Gasteiger partial charge on any atom is -0.315 e. The highest BCUT2D eigenvalue weighted by Crippen LogP contribution is 2.35. The molecule has 2 heteroatoms. The van der Waals surface area contributed by atoms with E-state index in [0.717, 1.165) is 19.3 Å². The first-order chi connectivity index (χ1) is 13.6. The molecule has 1 atom stereocenters. The molecule has 1 unspecified atom stereocenters. The van der Waals surface area contributed by atoms with Crippen molar-refractivity contribution in [2.45, 2.75) is 33.1 Å². The van der Waals surface area contributed by atoms with Crippen LogP contribution < -0.4 is 10.4 Å². The SMILES string of the molecule is Bc1ccc(C2=CC=C(N(C3=CCC(C)C=C3)c3ccc(C)cc3)CC2)cc1. The van der Waals surface area contributed by atoms with Crippen LogP contribution in [0.3, 0.4) is 0 Å². The molecule has 2 aliphatic carbocycles. The highest BCUT2D eigenvalue weighted by molar-refractivity contribution is 6.32. The largest absolute Gasteiger partial charge is 0.315 e. The van der Waals surface area contributed by atoms with Crippen LogP contribution >= 0.6 is 0 Å². The van der Waals surface area contributed by atoms with Gasteiger partial charge in [0.1, 0.15) is 7.85 Å². The maximum absolute atomic E-state index is 2.43. The van der Waals surface area contributed by atoms with Crippen LogP contribution in [-0.2, 0) is 0 Å². The summed E-state index contributed by atoms with van der Waals surface area (Å²) in [5.41, 5.74) is 9.28. The van der Waals surface area contributed by atoms with E-state index >= 15 is 0 Å². The molecule has 1 nitrogen and oxygen atoms in total. The van der Waals surface area contributed by atoms with Gasteiger partial charge in [0.25, 0.3) is 0 Å². The van der Waals surface area contributed by atoms with Crippen LogP contribution in [0, 0.1) is 12.8 Å². The van der Waals surface area contributed by atoms with E-state index in [1.807, 2.05) is 0 Å². The minimum absolute atomic E-state index is 0.622. The molecule has 2 aromatic rings. The van der Waals surface area contributed by atoms with Crippen molar-refractivity contribution in [1.29, 1.82) is 0 Å². The summed E-state index contributed by atoms with van der Waals surface area (Å²) in [4.78, 5) is 2.43. The molecule has 0 saturated heterocycles. The monoisotopic (exact) mass is 365 g/mol. The number of nitrogens with zero attached hydrogens (tertiary/aromatic N) is 1. The third kappa shape index (κ3) is 4.07.